The molecule has 0 aromatic carbocycles. The molecule has 0 N–H and O–H groups in total. The van der Waals surface area contributed by atoms with Gasteiger partial charge in [-0.1, -0.05) is 0 Å². The Balaban J connectivity index is 3.57. The molecule has 38 valence electrons. The van der Waals surface area contributed by atoms with Crippen molar-refractivity contribution in [2.24, 2.45) is 0 Å². The molecule has 0 spiro atoms. The van der Waals surface area contributed by atoms with Crippen molar-refractivity contribution in [2.75, 3.05) is 6.26 Å². The second-order valence-corrected chi connectivity index (χ2v) is 1.86. The fourth-order valence-corrected chi connectivity index (χ4v) is 0.609. The summed E-state index contributed by atoms with van der Waals surface area (Å²) in [5, 5.41) is 9.95. The van der Waals surface area contributed by atoms with E-state index >= 15 is 0 Å². The molecule has 1 nitrogen and oxygen atoms in total. The Hall–Kier alpha value is -0.420. The molecule has 0 rings (SSSR count). The predicted molar refractivity (Wildman–Crippen MR) is 32.9 cm³/mol. The van der Waals surface area contributed by atoms with Gasteiger partial charge in [0.15, 0.2) is 0 Å². The van der Waals surface area contributed by atoms with E-state index in [9.17, 15) is 0 Å². The summed E-state index contributed by atoms with van der Waals surface area (Å²) < 4.78 is 0. The van der Waals surface area contributed by atoms with Crippen molar-refractivity contribution in [2.45, 2.75) is 6.92 Å². The molecule has 0 aliphatic heterocycles. The average molecular weight is 113 g/mol. The third-order valence-corrected chi connectivity index (χ3v) is 1.06. The molecule has 0 fully saturated rings. The van der Waals surface area contributed by atoms with Gasteiger partial charge in [-0.05, 0) is 18.6 Å². The first kappa shape index (κ1) is 6.58. The van der Waals surface area contributed by atoms with Gasteiger partial charge >= 0.3 is 0 Å². The maximum absolute atomic E-state index is 8.13. The molecule has 0 unspecified atom stereocenters. The van der Waals surface area contributed by atoms with Crippen LogP contribution in [0.1, 0.15) is 6.92 Å². The summed E-state index contributed by atoms with van der Waals surface area (Å²) in [5.41, 5.74) is 0.771. The van der Waals surface area contributed by atoms with E-state index in [1.807, 2.05) is 17.7 Å². The van der Waals surface area contributed by atoms with Crippen molar-refractivity contribution >= 4 is 11.8 Å². The zero-order valence-corrected chi connectivity index (χ0v) is 5.25. The van der Waals surface area contributed by atoms with Crippen LogP contribution >= 0.6 is 11.8 Å². The van der Waals surface area contributed by atoms with Crippen molar-refractivity contribution < 1.29 is 0 Å². The van der Waals surface area contributed by atoms with Gasteiger partial charge in [-0.3, -0.25) is 0 Å². The van der Waals surface area contributed by atoms with Gasteiger partial charge in [0.2, 0.25) is 0 Å². The Morgan fingerprint density at radius 1 is 1.86 bits per heavy atom. The topological polar surface area (TPSA) is 23.8 Å². The van der Waals surface area contributed by atoms with Crippen molar-refractivity contribution in [1.82, 2.24) is 0 Å². The van der Waals surface area contributed by atoms with Gasteiger partial charge in [0.1, 0.15) is 0 Å². The second-order valence-electron chi connectivity index (χ2n) is 1.15. The van der Waals surface area contributed by atoms with E-state index in [4.69, 9.17) is 5.26 Å². The fourth-order valence-electron chi connectivity index (χ4n) is 0.203. The number of hydrogen-bond donors (Lipinski definition) is 0. The molecule has 0 saturated carbocycles. The van der Waals surface area contributed by atoms with Crippen LogP contribution in [0.25, 0.3) is 0 Å². The molecule has 0 aliphatic rings. The van der Waals surface area contributed by atoms with Crippen molar-refractivity contribution in [1.29, 1.82) is 5.26 Å². The first-order chi connectivity index (χ1) is 3.31. The molecular formula is C5H7NS. The maximum atomic E-state index is 8.13. The number of thioether (sulfide) groups is 1. The molecule has 0 saturated heterocycles. The quantitative estimate of drug-likeness (QED) is 0.484. The zero-order valence-electron chi connectivity index (χ0n) is 4.43. The summed E-state index contributed by atoms with van der Waals surface area (Å²) in [7, 11) is 0. The molecule has 0 heterocycles. The zero-order chi connectivity index (χ0) is 5.70. The maximum Gasteiger partial charge on any atom is 0.0949 e. The number of nitriles is 1. The van der Waals surface area contributed by atoms with Gasteiger partial charge in [0, 0.05) is 5.57 Å². The second kappa shape index (κ2) is 3.76. The molecule has 0 atom stereocenters. The summed E-state index contributed by atoms with van der Waals surface area (Å²) in [6.45, 7) is 1.79. The van der Waals surface area contributed by atoms with Gasteiger partial charge in [0.25, 0.3) is 0 Å². The molecule has 0 aromatic heterocycles. The van der Waals surface area contributed by atoms with Crippen LogP contribution in [0.2, 0.25) is 0 Å². The smallest absolute Gasteiger partial charge is 0.0949 e. The number of allylic oxidation sites excluding steroid dienone is 1. The molecule has 0 amide bonds. The third kappa shape index (κ3) is 3.41. The van der Waals surface area contributed by atoms with Crippen LogP contribution in [-0.4, -0.2) is 6.26 Å². The van der Waals surface area contributed by atoms with Crippen molar-refractivity contribution in [3.05, 3.63) is 11.0 Å². The van der Waals surface area contributed by atoms with Crippen LogP contribution in [0.4, 0.5) is 0 Å². The minimum absolute atomic E-state index is 0.771. The first-order valence-corrected chi connectivity index (χ1v) is 3.19. The van der Waals surface area contributed by atoms with Crippen molar-refractivity contribution in [3.8, 4) is 6.07 Å². The fraction of sp³-hybridized carbons (Fsp3) is 0.400. The summed E-state index contributed by atoms with van der Waals surface area (Å²) in [6, 6.07) is 2.01. The monoisotopic (exact) mass is 113 g/mol. The lowest BCUT2D eigenvalue weighted by Gasteiger charge is -1.77. The minimum Gasteiger partial charge on any atom is -0.193 e. The highest BCUT2D eigenvalue weighted by Gasteiger charge is 1.76. The van der Waals surface area contributed by atoms with E-state index in [0.29, 0.717) is 0 Å². The summed E-state index contributed by atoms with van der Waals surface area (Å²) in [6.07, 6.45) is 1.93. The van der Waals surface area contributed by atoms with E-state index < -0.39 is 0 Å². The lowest BCUT2D eigenvalue weighted by molar-refractivity contribution is 1.46. The van der Waals surface area contributed by atoms with Gasteiger partial charge in [-0.2, -0.15) is 5.26 Å². The number of hydrogen-bond acceptors (Lipinski definition) is 2. The highest BCUT2D eigenvalue weighted by molar-refractivity contribution is 8.01. The highest BCUT2D eigenvalue weighted by atomic mass is 32.2. The van der Waals surface area contributed by atoms with E-state index in [1.54, 1.807) is 18.7 Å². The average Bonchev–Trinajstić information content (AvgIpc) is 1.68. The molecular weight excluding hydrogens is 106 g/mol. The van der Waals surface area contributed by atoms with Crippen molar-refractivity contribution in [3.63, 3.8) is 0 Å². The Bertz CT molecular complexity index is 110. The van der Waals surface area contributed by atoms with Gasteiger partial charge in [0.05, 0.1) is 6.07 Å². The molecule has 0 aromatic rings. The van der Waals surface area contributed by atoms with Gasteiger partial charge in [-0.15, -0.1) is 11.8 Å². The van der Waals surface area contributed by atoms with Gasteiger partial charge in [-0.25, -0.2) is 0 Å². The number of nitrogens with zero attached hydrogens (tertiary/aromatic N) is 1. The molecule has 0 aliphatic carbocycles. The minimum atomic E-state index is 0.771. The number of rotatable bonds is 1. The SMILES string of the molecule is CS/C=C(\C)C#N. The highest BCUT2D eigenvalue weighted by Crippen LogP contribution is 1.98. The Kier molecular flexibility index (Phi) is 3.53. The van der Waals surface area contributed by atoms with Gasteiger partial charge < -0.3 is 0 Å². The van der Waals surface area contributed by atoms with E-state index in [1.165, 1.54) is 0 Å². The van der Waals surface area contributed by atoms with E-state index in [2.05, 4.69) is 0 Å². The van der Waals surface area contributed by atoms with Crippen LogP contribution in [-0.2, 0) is 0 Å². The molecule has 7 heavy (non-hydrogen) atoms. The standard InChI is InChI=1S/C5H7NS/c1-5(3-6)4-7-2/h4H,1-2H3/b5-4+. The Labute approximate surface area is 48.0 Å². The first-order valence-electron chi connectivity index (χ1n) is 1.91. The van der Waals surface area contributed by atoms with E-state index in [-0.39, 0.29) is 0 Å². The molecule has 2 heteroatoms. The lowest BCUT2D eigenvalue weighted by atomic mass is 10.4. The van der Waals surface area contributed by atoms with Crippen LogP contribution in [0.3, 0.4) is 0 Å². The Morgan fingerprint density at radius 2 is 2.43 bits per heavy atom. The van der Waals surface area contributed by atoms with Crippen LogP contribution in [0.15, 0.2) is 11.0 Å². The van der Waals surface area contributed by atoms with Crippen LogP contribution in [0, 0.1) is 11.3 Å². The largest absolute Gasteiger partial charge is 0.193 e. The summed E-state index contributed by atoms with van der Waals surface area (Å²) in [5.74, 6) is 0. The van der Waals surface area contributed by atoms with Crippen LogP contribution in [0.5, 0.6) is 0 Å². The normalized spacial score (nSPS) is 10.7. The Morgan fingerprint density at radius 3 is 2.57 bits per heavy atom. The summed E-state index contributed by atoms with van der Waals surface area (Å²) >= 11 is 1.55. The van der Waals surface area contributed by atoms with Crippen LogP contribution < -0.4 is 0 Å². The molecule has 0 bridgehead atoms. The lowest BCUT2D eigenvalue weighted by Crippen LogP contribution is -1.59. The molecule has 0 radical (unpaired) electrons. The third-order valence-electron chi connectivity index (χ3n) is 0.471. The van der Waals surface area contributed by atoms with E-state index in [0.717, 1.165) is 5.57 Å². The summed E-state index contributed by atoms with van der Waals surface area (Å²) in [4.78, 5) is 0. The predicted octanol–water partition coefficient (Wildman–Crippen LogP) is 1.78.